The average molecular weight is 208 g/mol. The van der Waals surface area contributed by atoms with Gasteiger partial charge in [0.25, 0.3) is 0 Å². The Balaban J connectivity index is 3.21. The van der Waals surface area contributed by atoms with Crippen molar-refractivity contribution in [3.8, 4) is 0 Å². The summed E-state index contributed by atoms with van der Waals surface area (Å²) < 4.78 is 0. The molecule has 15 heavy (non-hydrogen) atoms. The lowest BCUT2D eigenvalue weighted by Gasteiger charge is -2.06. The summed E-state index contributed by atoms with van der Waals surface area (Å²) in [7, 11) is 0. The largest absolute Gasteiger partial charge is 0.0885 e. The van der Waals surface area contributed by atoms with Crippen molar-refractivity contribution in [1.29, 1.82) is 0 Å². The van der Waals surface area contributed by atoms with Crippen LogP contribution in [0.1, 0.15) is 64.7 Å². The lowest BCUT2D eigenvalue weighted by Crippen LogP contribution is -1.91. The van der Waals surface area contributed by atoms with Crippen molar-refractivity contribution in [3.63, 3.8) is 0 Å². The summed E-state index contributed by atoms with van der Waals surface area (Å²) in [6.45, 7) is 10.1. The van der Waals surface area contributed by atoms with E-state index in [1.165, 1.54) is 44.9 Å². The molecule has 0 nitrogen and oxygen atoms in total. The summed E-state index contributed by atoms with van der Waals surface area (Å²) >= 11 is 0. The Hall–Kier alpha value is -0.260. The predicted octanol–water partition coefficient (Wildman–Crippen LogP) is 5.36. The van der Waals surface area contributed by atoms with E-state index >= 15 is 0 Å². The smallest absolute Gasteiger partial charge is 0.0325 e. The lowest BCUT2D eigenvalue weighted by atomic mass is 10.0. The molecule has 0 aliphatic rings. The number of hydrogen-bond acceptors (Lipinski definition) is 0. The van der Waals surface area contributed by atoms with Gasteiger partial charge in [0.15, 0.2) is 0 Å². The van der Waals surface area contributed by atoms with E-state index in [0.29, 0.717) is 0 Å². The van der Waals surface area contributed by atoms with Crippen LogP contribution in [-0.2, 0) is 0 Å². The monoisotopic (exact) mass is 208 g/mol. The molecule has 0 saturated carbocycles. The highest BCUT2D eigenvalue weighted by Gasteiger charge is 1.97. The molecule has 0 rings (SSSR count). The highest BCUT2D eigenvalue weighted by atomic mass is 14.0. The van der Waals surface area contributed by atoms with Gasteiger partial charge in [-0.1, -0.05) is 71.4 Å². The van der Waals surface area contributed by atoms with Crippen molar-refractivity contribution in [2.24, 2.45) is 5.92 Å². The highest BCUT2D eigenvalue weighted by Crippen LogP contribution is 2.12. The maximum absolute atomic E-state index is 3.87. The molecular weight excluding hydrogens is 180 g/mol. The Kier molecular flexibility index (Phi) is 11.6. The van der Waals surface area contributed by atoms with Crippen LogP contribution in [0.5, 0.6) is 0 Å². The van der Waals surface area contributed by atoms with Crippen LogP contribution in [0.2, 0.25) is 0 Å². The Labute approximate surface area is 97.2 Å². The zero-order valence-corrected chi connectivity index (χ0v) is 10.5. The van der Waals surface area contributed by atoms with E-state index < -0.39 is 0 Å². The molecule has 0 spiro atoms. The number of hydrogen-bond donors (Lipinski definition) is 0. The molecule has 1 atom stereocenters. The fourth-order valence-corrected chi connectivity index (χ4v) is 1.67. The fraction of sp³-hybridized carbons (Fsp3) is 0.733. The van der Waals surface area contributed by atoms with Crippen LogP contribution in [0.15, 0.2) is 12.2 Å². The van der Waals surface area contributed by atoms with Gasteiger partial charge in [-0.15, -0.1) is 0 Å². The second-order valence-corrected chi connectivity index (χ2v) is 4.51. The van der Waals surface area contributed by atoms with Gasteiger partial charge >= 0.3 is 0 Å². The van der Waals surface area contributed by atoms with Gasteiger partial charge in [0.2, 0.25) is 0 Å². The molecule has 0 amide bonds. The first kappa shape index (κ1) is 14.7. The molecule has 0 fully saturated rings. The van der Waals surface area contributed by atoms with Gasteiger partial charge in [0.1, 0.15) is 0 Å². The fourth-order valence-electron chi connectivity index (χ4n) is 1.67. The van der Waals surface area contributed by atoms with Gasteiger partial charge in [-0.25, -0.2) is 0 Å². The Morgan fingerprint density at radius 3 is 2.33 bits per heavy atom. The first-order valence-corrected chi connectivity index (χ1v) is 6.54. The van der Waals surface area contributed by atoms with Crippen molar-refractivity contribution in [1.82, 2.24) is 0 Å². The van der Waals surface area contributed by atoms with Gasteiger partial charge in [-0.05, 0) is 25.2 Å². The third-order valence-corrected chi connectivity index (χ3v) is 2.77. The second kappa shape index (κ2) is 11.8. The van der Waals surface area contributed by atoms with E-state index in [9.17, 15) is 0 Å². The van der Waals surface area contributed by atoms with Gasteiger partial charge < -0.3 is 0 Å². The Morgan fingerprint density at radius 2 is 1.67 bits per heavy atom. The van der Waals surface area contributed by atoms with Crippen molar-refractivity contribution in [2.45, 2.75) is 64.7 Å². The minimum absolute atomic E-state index is 0.836. The van der Waals surface area contributed by atoms with E-state index in [1.807, 2.05) is 0 Å². The van der Waals surface area contributed by atoms with Crippen molar-refractivity contribution >= 4 is 0 Å². The predicted molar refractivity (Wildman–Crippen MR) is 70.6 cm³/mol. The van der Waals surface area contributed by atoms with Crippen molar-refractivity contribution < 1.29 is 0 Å². The first-order chi connectivity index (χ1) is 7.31. The number of rotatable bonds is 10. The first-order valence-electron chi connectivity index (χ1n) is 6.54. The van der Waals surface area contributed by atoms with Crippen LogP contribution in [0, 0.1) is 19.8 Å². The molecule has 0 aliphatic heterocycles. The lowest BCUT2D eigenvalue weighted by molar-refractivity contribution is 0.518. The van der Waals surface area contributed by atoms with Crippen molar-refractivity contribution in [3.05, 3.63) is 26.0 Å². The average Bonchev–Trinajstić information content (AvgIpc) is 2.25. The van der Waals surface area contributed by atoms with E-state index in [4.69, 9.17) is 0 Å². The third-order valence-electron chi connectivity index (χ3n) is 2.77. The molecule has 0 saturated heterocycles. The van der Waals surface area contributed by atoms with E-state index in [-0.39, 0.29) is 0 Å². The standard InChI is InChI=1S/C15H28/c1-4-6-8-9-10-11-12-14-15(3)13-7-5-2/h11-12,15H,1-2,4-10,13-14H2,3H3/b12-11+. The topological polar surface area (TPSA) is 0 Å². The van der Waals surface area contributed by atoms with Gasteiger partial charge in [-0.2, -0.15) is 0 Å². The van der Waals surface area contributed by atoms with Crippen LogP contribution in [-0.4, -0.2) is 0 Å². The van der Waals surface area contributed by atoms with Crippen LogP contribution >= 0.6 is 0 Å². The molecule has 0 bridgehead atoms. The molecule has 0 aromatic rings. The van der Waals surface area contributed by atoms with Crippen LogP contribution < -0.4 is 0 Å². The van der Waals surface area contributed by atoms with Crippen LogP contribution in [0.25, 0.3) is 0 Å². The SMILES string of the molecule is [CH2]CCCCC/C=C/CC(C)CCC[CH2]. The molecule has 0 aromatic heterocycles. The van der Waals surface area contributed by atoms with E-state index in [0.717, 1.165) is 18.8 Å². The summed E-state index contributed by atoms with van der Waals surface area (Å²) in [6, 6.07) is 0. The summed E-state index contributed by atoms with van der Waals surface area (Å²) in [5.74, 6) is 0.836. The maximum Gasteiger partial charge on any atom is -0.0325 e. The maximum atomic E-state index is 3.87. The number of unbranched alkanes of at least 4 members (excludes halogenated alkanes) is 5. The molecule has 2 radical (unpaired) electrons. The molecule has 0 heteroatoms. The molecule has 88 valence electrons. The minimum Gasteiger partial charge on any atom is -0.0885 e. The van der Waals surface area contributed by atoms with Crippen molar-refractivity contribution in [2.75, 3.05) is 0 Å². The van der Waals surface area contributed by atoms with Crippen LogP contribution in [0.4, 0.5) is 0 Å². The van der Waals surface area contributed by atoms with E-state index in [1.54, 1.807) is 0 Å². The molecule has 0 N–H and O–H groups in total. The summed E-state index contributed by atoms with van der Waals surface area (Å²) in [5, 5.41) is 0. The zero-order chi connectivity index (χ0) is 11.4. The highest BCUT2D eigenvalue weighted by molar-refractivity contribution is 4.83. The summed E-state index contributed by atoms with van der Waals surface area (Å²) in [5.41, 5.74) is 0. The second-order valence-electron chi connectivity index (χ2n) is 4.51. The third kappa shape index (κ3) is 11.7. The normalized spacial score (nSPS) is 13.5. The van der Waals surface area contributed by atoms with Crippen LogP contribution in [0.3, 0.4) is 0 Å². The molecule has 0 aliphatic carbocycles. The van der Waals surface area contributed by atoms with Gasteiger partial charge in [-0.3, -0.25) is 0 Å². The van der Waals surface area contributed by atoms with Gasteiger partial charge in [0, 0.05) is 0 Å². The summed E-state index contributed by atoms with van der Waals surface area (Å²) in [4.78, 5) is 0. The molecule has 0 heterocycles. The minimum atomic E-state index is 0.836. The zero-order valence-electron chi connectivity index (χ0n) is 10.5. The molecule has 1 unspecified atom stereocenters. The molecule has 0 aromatic carbocycles. The Morgan fingerprint density at radius 1 is 0.933 bits per heavy atom. The Bertz CT molecular complexity index is 135. The number of allylic oxidation sites excluding steroid dienone is 2. The quantitative estimate of drug-likeness (QED) is 0.335. The van der Waals surface area contributed by atoms with E-state index in [2.05, 4.69) is 32.9 Å². The van der Waals surface area contributed by atoms with Gasteiger partial charge in [0.05, 0.1) is 0 Å². The molecular formula is C15H28. The summed E-state index contributed by atoms with van der Waals surface area (Å²) in [6.07, 6.45) is 15.9.